The zero-order valence-electron chi connectivity index (χ0n) is 56.3. The number of ether oxygens (including phenoxy) is 10. The quantitative estimate of drug-likeness (QED) is 0.0815. The van der Waals surface area contributed by atoms with Crippen molar-refractivity contribution in [3.8, 4) is 5.75 Å². The number of hydrogen-bond donors (Lipinski definition) is 6. The Labute approximate surface area is 537 Å². The van der Waals surface area contributed by atoms with Crippen LogP contribution in [-0.4, -0.2) is 155 Å². The van der Waals surface area contributed by atoms with Gasteiger partial charge in [0.1, 0.15) is 53.4 Å². The van der Waals surface area contributed by atoms with Gasteiger partial charge >= 0.3 is 5.97 Å². The molecule has 20 atom stereocenters. The Morgan fingerprint density at radius 1 is 0.868 bits per heavy atom. The van der Waals surface area contributed by atoms with Crippen LogP contribution in [0.3, 0.4) is 0 Å². The third kappa shape index (κ3) is 15.2. The fraction of sp³-hybridized carbons (Fsp3) is 0.653. The molecule has 2 aromatic carbocycles. The first-order chi connectivity index (χ1) is 42.9. The summed E-state index contributed by atoms with van der Waals surface area (Å²) in [5.41, 5.74) is 2.25. The summed E-state index contributed by atoms with van der Waals surface area (Å²) < 4.78 is 63.9. The number of aliphatic hydroxyl groups excluding tert-OH is 2. The first-order valence-electron chi connectivity index (χ1n) is 32.9. The van der Waals surface area contributed by atoms with E-state index in [2.05, 4.69) is 51.0 Å². The number of anilines is 1. The molecule has 6 aliphatic heterocycles. The summed E-state index contributed by atoms with van der Waals surface area (Å²) in [7, 11) is 3.23. The van der Waals surface area contributed by atoms with E-state index in [1.54, 1.807) is 64.5 Å². The van der Waals surface area contributed by atoms with E-state index in [-0.39, 0.29) is 58.4 Å². The number of rotatable bonds is 10. The summed E-state index contributed by atoms with van der Waals surface area (Å²) in [5, 5.41) is 48.1. The van der Waals surface area contributed by atoms with Crippen molar-refractivity contribution in [2.45, 2.75) is 256 Å². The topological polar surface area (TPSA) is 252 Å². The number of benzene rings is 2. The lowest BCUT2D eigenvalue weighted by Crippen LogP contribution is -2.58. The van der Waals surface area contributed by atoms with E-state index in [1.165, 1.54) is 6.20 Å². The summed E-state index contributed by atoms with van der Waals surface area (Å²) in [4.78, 5) is 43.1. The van der Waals surface area contributed by atoms with E-state index < -0.39 is 96.7 Å². The minimum Gasteiger partial charge on any atom is -0.508 e. The number of para-hydroxylation sites is 1. The number of nitrogens with one attached hydrogen (secondary N) is 2. The average Bonchev–Trinajstić information content (AvgIpc) is 1.64. The maximum atomic E-state index is 14.4. The van der Waals surface area contributed by atoms with Gasteiger partial charge in [-0.15, -0.1) is 0 Å². The van der Waals surface area contributed by atoms with E-state index in [4.69, 9.17) is 47.4 Å². The first-order valence-corrected chi connectivity index (χ1v) is 32.9. The fourth-order valence-corrected chi connectivity index (χ4v) is 14.4. The van der Waals surface area contributed by atoms with Crippen LogP contribution in [0, 0.1) is 23.7 Å². The minimum absolute atomic E-state index is 0.00708. The molecule has 0 radical (unpaired) electrons. The van der Waals surface area contributed by atoms with Crippen LogP contribution in [0.2, 0.25) is 0 Å². The van der Waals surface area contributed by atoms with Crippen molar-refractivity contribution in [1.29, 1.82) is 0 Å². The molecule has 3 aromatic rings. The molecule has 19 nitrogen and oxygen atoms in total. The van der Waals surface area contributed by atoms with Gasteiger partial charge < -0.3 is 78.1 Å². The number of aromatic hydroxyl groups is 1. The first kappa shape index (κ1) is 70.2. The van der Waals surface area contributed by atoms with Crippen LogP contribution in [0.4, 0.5) is 5.69 Å². The number of hydrogen-bond acceptors (Lipinski definition) is 17. The molecule has 5 saturated heterocycles. The number of phenolic OH excluding ortho intramolecular Hbond substituents is 1. The number of esters is 1. The number of aromatic amines is 1. The molecule has 2 bridgehead atoms. The number of amides is 1. The summed E-state index contributed by atoms with van der Waals surface area (Å²) >= 11 is 0. The molecule has 1 aromatic heterocycles. The maximum absolute atomic E-state index is 14.4. The molecule has 1 spiro atoms. The number of methoxy groups -OCH3 is 2. The van der Waals surface area contributed by atoms with Crippen molar-refractivity contribution < 1.29 is 77.4 Å². The Balaban J connectivity index is 0.000000282. The number of aromatic nitrogens is 1. The normalized spacial score (nSPS) is 37.5. The molecule has 7 aliphatic rings. The third-order valence-electron chi connectivity index (χ3n) is 20.0. The van der Waals surface area contributed by atoms with Crippen molar-refractivity contribution in [2.75, 3.05) is 26.1 Å². The molecule has 502 valence electrons. The number of fused-ring (bicyclic) bond motifs is 3. The van der Waals surface area contributed by atoms with E-state index in [9.17, 15) is 34.8 Å². The highest BCUT2D eigenvalue weighted by Crippen LogP contribution is 2.49. The zero-order valence-corrected chi connectivity index (χ0v) is 56.3. The van der Waals surface area contributed by atoms with Crippen LogP contribution >= 0.6 is 0 Å². The number of pyridine rings is 1. The molecular formula is C72H102N2O17. The van der Waals surface area contributed by atoms with Gasteiger partial charge in [-0.3, -0.25) is 14.4 Å². The van der Waals surface area contributed by atoms with Crippen LogP contribution < -0.4 is 10.7 Å². The van der Waals surface area contributed by atoms with Crippen LogP contribution in [0.1, 0.15) is 170 Å². The Bertz CT molecular complexity index is 3250. The van der Waals surface area contributed by atoms with Crippen LogP contribution in [0.15, 0.2) is 94.5 Å². The number of H-pyrrole nitrogens is 1. The fourth-order valence-electron chi connectivity index (χ4n) is 14.4. The van der Waals surface area contributed by atoms with E-state index in [0.717, 1.165) is 29.5 Å². The molecule has 6 N–H and O–H groups in total. The highest BCUT2D eigenvalue weighted by atomic mass is 16.7. The molecule has 5 fully saturated rings. The largest absolute Gasteiger partial charge is 0.508 e. The van der Waals surface area contributed by atoms with Gasteiger partial charge in [-0.2, -0.15) is 0 Å². The maximum Gasteiger partial charge on any atom is 0.316 e. The van der Waals surface area contributed by atoms with Gasteiger partial charge in [-0.25, -0.2) is 0 Å². The summed E-state index contributed by atoms with van der Waals surface area (Å²) in [6.45, 7) is 28.5. The standard InChI is InChI=1S/C48H74O14.C24H28N2O3/c1-11-25(2)43-28(5)17-18-47(62-43)23-34-20-33(61-47)16-15-27(4)42(26(3)13-12-14-32-24-55-45-40(49)29(6)19-35(46(51)58-34)48(32,45)52)59-39-22-37(54-10)44(31(8)57-39)60-38-21-36(53-9)41(50)30(7)56-38;1-23(2,3)16-11-17(24(4,5)6)20(27)12-19(16)26-22(29)15-13-25-18-10-8-7-9-14(18)21(15)28/h12-15,19,25-26,28,30-31,33-45,49-50,52H,11,16-18,20-24H2,1-10H3;7-13,27H,1-6H3,(H,25,28)(H,26,29)/b13-12+,27-15+,32-14+;/t25-,26-,28-,30-,31-,33+,34-,35-,36-,37-,38-,39-,40+,41-,42-,43+,44-,45+,47+,48+;/m0./s1. The summed E-state index contributed by atoms with van der Waals surface area (Å²) in [5.74, 6) is -2.49. The van der Waals surface area contributed by atoms with Gasteiger partial charge in [-0.1, -0.05) is 118 Å². The molecule has 10 rings (SSSR count). The van der Waals surface area contributed by atoms with Crippen molar-refractivity contribution in [3.05, 3.63) is 117 Å². The smallest absolute Gasteiger partial charge is 0.316 e. The Kier molecular flexibility index (Phi) is 21.9. The summed E-state index contributed by atoms with van der Waals surface area (Å²) in [6.07, 6.45) is 7.96. The number of aliphatic hydroxyl groups is 3. The second-order valence-electron chi connectivity index (χ2n) is 28.8. The number of carbonyl (C=O) groups is 2. The summed E-state index contributed by atoms with van der Waals surface area (Å²) in [6, 6.07) is 10.6. The lowest BCUT2D eigenvalue weighted by Gasteiger charge is -2.51. The zero-order chi connectivity index (χ0) is 66.2. The molecule has 0 unspecified atom stereocenters. The van der Waals surface area contributed by atoms with Gasteiger partial charge in [0.05, 0.1) is 49.3 Å². The molecule has 1 aliphatic carbocycles. The lowest BCUT2D eigenvalue weighted by atomic mass is 9.71. The number of phenols is 1. The Hall–Kier alpha value is -5.13. The minimum atomic E-state index is -1.82. The molecule has 0 saturated carbocycles. The van der Waals surface area contributed by atoms with Crippen molar-refractivity contribution >= 4 is 28.5 Å². The van der Waals surface area contributed by atoms with E-state index >= 15 is 0 Å². The molecule has 1 amide bonds. The van der Waals surface area contributed by atoms with E-state index in [1.807, 2.05) is 72.8 Å². The van der Waals surface area contributed by atoms with Crippen LogP contribution in [0.5, 0.6) is 5.75 Å². The number of carbonyl (C=O) groups excluding carboxylic acids is 2. The molecule has 91 heavy (non-hydrogen) atoms. The lowest BCUT2D eigenvalue weighted by molar-refractivity contribution is -0.340. The second kappa shape index (κ2) is 28.4. The van der Waals surface area contributed by atoms with Crippen LogP contribution in [-0.2, 0) is 63.0 Å². The predicted molar refractivity (Wildman–Crippen MR) is 345 cm³/mol. The van der Waals surface area contributed by atoms with Crippen molar-refractivity contribution in [3.63, 3.8) is 0 Å². The number of allylic oxidation sites excluding steroid dienone is 2. The molecule has 7 heterocycles. The van der Waals surface area contributed by atoms with Gasteiger partial charge in [-0.05, 0) is 109 Å². The van der Waals surface area contributed by atoms with Crippen LogP contribution in [0.25, 0.3) is 10.9 Å². The van der Waals surface area contributed by atoms with Crippen molar-refractivity contribution in [1.82, 2.24) is 4.98 Å². The molecule has 19 heteroatoms. The highest BCUT2D eigenvalue weighted by molar-refractivity contribution is 6.06. The second-order valence-corrected chi connectivity index (χ2v) is 28.8. The highest BCUT2D eigenvalue weighted by Gasteiger charge is 2.60. The van der Waals surface area contributed by atoms with Crippen molar-refractivity contribution in [2.24, 2.45) is 23.7 Å². The Morgan fingerprint density at radius 3 is 2.24 bits per heavy atom. The Morgan fingerprint density at radius 2 is 1.55 bits per heavy atom. The average molecular weight is 1270 g/mol. The predicted octanol–water partition coefficient (Wildman–Crippen LogP) is 10.7. The van der Waals surface area contributed by atoms with E-state index in [0.29, 0.717) is 78.1 Å². The monoisotopic (exact) mass is 1270 g/mol. The van der Waals surface area contributed by atoms with Gasteiger partial charge in [0.2, 0.25) is 5.43 Å². The third-order valence-corrected chi connectivity index (χ3v) is 20.0. The van der Waals surface area contributed by atoms with Gasteiger partial charge in [0.25, 0.3) is 5.91 Å². The van der Waals surface area contributed by atoms with Gasteiger partial charge in [0, 0.05) is 81.1 Å². The molecular weight excluding hydrogens is 1160 g/mol. The van der Waals surface area contributed by atoms with Gasteiger partial charge in [0.15, 0.2) is 18.4 Å². The SMILES string of the molecule is CC(C)(C)c1cc(C(C)(C)C)c(NC(=O)c2c[nH]c3ccccc3c2=O)cc1O.CC[C@H](C)[C@H]1O[C@]2(CC[C@@H]1C)C[C@@H]1C[C@@H](C/C=C(\C)[C@@H](O[C@H]3C[C@H](OC)[C@@H](O[C@H]4C[C@H](OC)[C@@H](O)[C@H](C)O4)[C@H](C)O3)[C@@H](C)/C=C/C=C3\CO[C@@H]4[C@H](O)C(C)=C[C@@H](C(=O)O1)[C@]34O)O2.